The molecule has 0 saturated carbocycles. The van der Waals surface area contributed by atoms with E-state index < -0.39 is 0 Å². The van der Waals surface area contributed by atoms with Gasteiger partial charge in [-0.2, -0.15) is 0 Å². The van der Waals surface area contributed by atoms with Crippen LogP contribution in [0.15, 0.2) is 42.7 Å². The average Bonchev–Trinajstić information content (AvgIpc) is 2.41. The molecule has 1 atom stereocenters. The number of hydrogen-bond acceptors (Lipinski definition) is 2. The minimum Gasteiger partial charge on any atom is -0.306 e. The highest BCUT2D eigenvalue weighted by Gasteiger charge is 2.13. The van der Waals surface area contributed by atoms with Gasteiger partial charge in [-0.05, 0) is 43.5 Å². The second-order valence-electron chi connectivity index (χ2n) is 5.09. The van der Waals surface area contributed by atoms with E-state index in [1.54, 1.807) is 0 Å². The Morgan fingerprint density at radius 2 is 1.74 bits per heavy atom. The number of benzene rings is 1. The summed E-state index contributed by atoms with van der Waals surface area (Å²) in [4.78, 5) is 4.32. The molecular weight excluding hydrogens is 232 g/mol. The van der Waals surface area contributed by atoms with Gasteiger partial charge in [-0.3, -0.25) is 4.98 Å². The summed E-state index contributed by atoms with van der Waals surface area (Å²) < 4.78 is 0. The molecule has 2 rings (SSSR count). The number of rotatable bonds is 5. The van der Waals surface area contributed by atoms with Crippen molar-refractivity contribution >= 4 is 0 Å². The molecule has 2 aromatic rings. The average molecular weight is 254 g/mol. The molecule has 19 heavy (non-hydrogen) atoms. The maximum absolute atomic E-state index is 4.32. The van der Waals surface area contributed by atoms with E-state index in [2.05, 4.69) is 61.4 Å². The quantitative estimate of drug-likeness (QED) is 0.878. The Labute approximate surface area is 115 Å². The van der Waals surface area contributed by atoms with Crippen molar-refractivity contribution in [3.63, 3.8) is 0 Å². The van der Waals surface area contributed by atoms with Crippen LogP contribution in [0, 0.1) is 13.8 Å². The number of pyridine rings is 1. The first-order chi connectivity index (χ1) is 9.20. The molecule has 1 aromatic carbocycles. The minimum atomic E-state index is 0.230. The molecule has 0 aliphatic heterocycles. The third-order valence-corrected chi connectivity index (χ3v) is 3.24. The number of aromatic nitrogens is 1. The SMILES string of the molecule is CCCNC(c1ccc(C)cc1)c1cncc(C)c1. The third kappa shape index (κ3) is 3.65. The zero-order valence-corrected chi connectivity index (χ0v) is 12.0. The van der Waals surface area contributed by atoms with Crippen LogP contribution in [-0.2, 0) is 0 Å². The maximum atomic E-state index is 4.32. The fourth-order valence-electron chi connectivity index (χ4n) is 2.21. The molecule has 0 fully saturated rings. The smallest absolute Gasteiger partial charge is 0.0592 e. The molecule has 1 heterocycles. The first kappa shape index (κ1) is 13.8. The van der Waals surface area contributed by atoms with Crippen molar-refractivity contribution in [3.8, 4) is 0 Å². The Kier molecular flexibility index (Phi) is 4.69. The van der Waals surface area contributed by atoms with Gasteiger partial charge in [0, 0.05) is 12.4 Å². The van der Waals surface area contributed by atoms with Crippen molar-refractivity contribution in [1.29, 1.82) is 0 Å². The molecule has 0 radical (unpaired) electrons. The molecule has 1 N–H and O–H groups in total. The van der Waals surface area contributed by atoms with Crippen LogP contribution < -0.4 is 5.32 Å². The van der Waals surface area contributed by atoms with E-state index in [0.717, 1.165) is 13.0 Å². The lowest BCUT2D eigenvalue weighted by atomic mass is 9.98. The lowest BCUT2D eigenvalue weighted by Gasteiger charge is -2.20. The van der Waals surface area contributed by atoms with Crippen LogP contribution in [0.25, 0.3) is 0 Å². The van der Waals surface area contributed by atoms with Gasteiger partial charge in [0.05, 0.1) is 6.04 Å². The molecule has 0 bridgehead atoms. The van der Waals surface area contributed by atoms with Crippen molar-refractivity contribution in [2.45, 2.75) is 33.2 Å². The van der Waals surface area contributed by atoms with Gasteiger partial charge in [0.15, 0.2) is 0 Å². The molecule has 100 valence electrons. The van der Waals surface area contributed by atoms with Gasteiger partial charge in [0.2, 0.25) is 0 Å². The monoisotopic (exact) mass is 254 g/mol. The predicted molar refractivity (Wildman–Crippen MR) is 80.3 cm³/mol. The van der Waals surface area contributed by atoms with Crippen LogP contribution in [-0.4, -0.2) is 11.5 Å². The predicted octanol–water partition coefficient (Wildman–Crippen LogP) is 3.79. The summed E-state index contributed by atoms with van der Waals surface area (Å²) in [6, 6.07) is 11.2. The molecule has 1 unspecified atom stereocenters. The van der Waals surface area contributed by atoms with E-state index in [1.807, 2.05) is 12.4 Å². The third-order valence-electron chi connectivity index (χ3n) is 3.24. The molecule has 2 nitrogen and oxygen atoms in total. The Bertz CT molecular complexity index is 517. The van der Waals surface area contributed by atoms with Gasteiger partial charge < -0.3 is 5.32 Å². The van der Waals surface area contributed by atoms with Crippen molar-refractivity contribution in [1.82, 2.24) is 10.3 Å². The normalized spacial score (nSPS) is 12.4. The molecule has 0 aliphatic carbocycles. The molecular formula is C17H22N2. The highest BCUT2D eigenvalue weighted by molar-refractivity contribution is 5.33. The molecule has 0 spiro atoms. The first-order valence-corrected chi connectivity index (χ1v) is 6.92. The van der Waals surface area contributed by atoms with E-state index in [1.165, 1.54) is 22.3 Å². The van der Waals surface area contributed by atoms with Gasteiger partial charge in [-0.1, -0.05) is 42.8 Å². The van der Waals surface area contributed by atoms with Gasteiger partial charge in [-0.25, -0.2) is 0 Å². The largest absolute Gasteiger partial charge is 0.306 e. The standard InChI is InChI=1S/C17H22N2/c1-4-9-19-17(15-7-5-13(2)6-8-15)16-10-14(3)11-18-12-16/h5-8,10-12,17,19H,4,9H2,1-3H3. The van der Waals surface area contributed by atoms with Crippen molar-refractivity contribution in [2.75, 3.05) is 6.54 Å². The van der Waals surface area contributed by atoms with Crippen molar-refractivity contribution < 1.29 is 0 Å². The second-order valence-corrected chi connectivity index (χ2v) is 5.09. The van der Waals surface area contributed by atoms with E-state index in [0.29, 0.717) is 0 Å². The van der Waals surface area contributed by atoms with Crippen LogP contribution >= 0.6 is 0 Å². The van der Waals surface area contributed by atoms with Crippen LogP contribution in [0.3, 0.4) is 0 Å². The topological polar surface area (TPSA) is 24.9 Å². The number of aryl methyl sites for hydroxylation is 2. The van der Waals surface area contributed by atoms with E-state index in [4.69, 9.17) is 0 Å². The van der Waals surface area contributed by atoms with E-state index in [-0.39, 0.29) is 6.04 Å². The van der Waals surface area contributed by atoms with Crippen LogP contribution in [0.4, 0.5) is 0 Å². The van der Waals surface area contributed by atoms with Crippen LogP contribution in [0.5, 0.6) is 0 Å². The fourth-order valence-corrected chi connectivity index (χ4v) is 2.21. The van der Waals surface area contributed by atoms with Crippen LogP contribution in [0.1, 0.15) is 41.6 Å². The molecule has 0 saturated heterocycles. The van der Waals surface area contributed by atoms with Crippen LogP contribution in [0.2, 0.25) is 0 Å². The summed E-state index contributed by atoms with van der Waals surface area (Å²) in [5, 5.41) is 3.61. The van der Waals surface area contributed by atoms with Gasteiger partial charge >= 0.3 is 0 Å². The zero-order valence-electron chi connectivity index (χ0n) is 12.0. The summed E-state index contributed by atoms with van der Waals surface area (Å²) in [5.41, 5.74) is 5.03. The van der Waals surface area contributed by atoms with Crippen molar-refractivity contribution in [3.05, 3.63) is 65.0 Å². The van der Waals surface area contributed by atoms with E-state index in [9.17, 15) is 0 Å². The lowest BCUT2D eigenvalue weighted by molar-refractivity contribution is 0.596. The summed E-state index contributed by atoms with van der Waals surface area (Å²) in [7, 11) is 0. The maximum Gasteiger partial charge on any atom is 0.0592 e. The van der Waals surface area contributed by atoms with Gasteiger partial charge in [0.1, 0.15) is 0 Å². The summed E-state index contributed by atoms with van der Waals surface area (Å²) >= 11 is 0. The second kappa shape index (κ2) is 6.48. The highest BCUT2D eigenvalue weighted by atomic mass is 14.9. The zero-order chi connectivity index (χ0) is 13.7. The molecule has 2 heteroatoms. The number of nitrogens with zero attached hydrogens (tertiary/aromatic N) is 1. The summed E-state index contributed by atoms with van der Waals surface area (Å²) in [6.07, 6.45) is 4.98. The Morgan fingerprint density at radius 1 is 1.00 bits per heavy atom. The summed E-state index contributed by atoms with van der Waals surface area (Å²) in [5.74, 6) is 0. The lowest BCUT2D eigenvalue weighted by Crippen LogP contribution is -2.23. The van der Waals surface area contributed by atoms with Gasteiger partial charge in [0.25, 0.3) is 0 Å². The molecule has 1 aromatic heterocycles. The molecule has 0 aliphatic rings. The molecule has 0 amide bonds. The van der Waals surface area contributed by atoms with Crippen molar-refractivity contribution in [2.24, 2.45) is 0 Å². The number of nitrogens with one attached hydrogen (secondary N) is 1. The fraction of sp³-hybridized carbons (Fsp3) is 0.353. The minimum absolute atomic E-state index is 0.230. The number of hydrogen-bond donors (Lipinski definition) is 1. The van der Waals surface area contributed by atoms with Gasteiger partial charge in [-0.15, -0.1) is 0 Å². The Hall–Kier alpha value is -1.67. The Balaban J connectivity index is 2.32. The van der Waals surface area contributed by atoms with E-state index >= 15 is 0 Å². The Morgan fingerprint density at radius 3 is 2.37 bits per heavy atom. The highest BCUT2D eigenvalue weighted by Crippen LogP contribution is 2.22. The summed E-state index contributed by atoms with van der Waals surface area (Å²) in [6.45, 7) is 7.40. The first-order valence-electron chi connectivity index (χ1n) is 6.92.